The number of carbonyl (C=O) groups excluding carboxylic acids is 2. The van der Waals surface area contributed by atoms with Crippen LogP contribution < -0.4 is 11.1 Å². The third-order valence-electron chi connectivity index (χ3n) is 2.44. The molecule has 0 fully saturated rings. The first kappa shape index (κ1) is 18.5. The molecule has 0 unspecified atom stereocenters. The molecule has 8 heteroatoms. The summed E-state index contributed by atoms with van der Waals surface area (Å²) in [5.41, 5.74) is 5.27. The average molecular weight is 304 g/mol. The van der Waals surface area contributed by atoms with Crippen molar-refractivity contribution in [3.8, 4) is 0 Å². The normalized spacial score (nSPS) is 15.6. The van der Waals surface area contributed by atoms with Crippen LogP contribution >= 0.6 is 0 Å². The molecular formula is C12H20N2O5S. The summed E-state index contributed by atoms with van der Waals surface area (Å²) >= 11 is 0. The Labute approximate surface area is 120 Å². The predicted octanol–water partition coefficient (Wildman–Crippen LogP) is -0.465. The third kappa shape index (κ3) is 7.80. The molecule has 0 saturated carbocycles. The number of nitrogens with two attached hydrogens (primary N) is 1. The van der Waals surface area contributed by atoms with E-state index in [2.05, 4.69) is 5.32 Å². The van der Waals surface area contributed by atoms with Gasteiger partial charge in [-0.05, 0) is 25.7 Å². The van der Waals surface area contributed by atoms with Crippen LogP contribution in [-0.4, -0.2) is 44.8 Å². The first-order chi connectivity index (χ1) is 9.27. The smallest absolute Gasteiger partial charge is 0.320 e. The number of rotatable bonds is 9. The molecule has 0 spiro atoms. The van der Waals surface area contributed by atoms with Crippen LogP contribution in [0.2, 0.25) is 0 Å². The fourth-order valence-corrected chi connectivity index (χ4v) is 2.37. The van der Waals surface area contributed by atoms with Crippen LogP contribution in [0.4, 0.5) is 0 Å². The number of carbonyl (C=O) groups is 3. The van der Waals surface area contributed by atoms with Gasteiger partial charge in [0.15, 0.2) is 5.78 Å². The number of amides is 1. The Morgan fingerprint density at radius 3 is 2.45 bits per heavy atom. The number of Topliss-reactive ketones (excluding diaryl/α,β-unsaturated/α-hetero) is 1. The van der Waals surface area contributed by atoms with Gasteiger partial charge < -0.3 is 16.2 Å². The van der Waals surface area contributed by atoms with Gasteiger partial charge >= 0.3 is 5.97 Å². The summed E-state index contributed by atoms with van der Waals surface area (Å²) in [4.78, 5) is 33.5. The summed E-state index contributed by atoms with van der Waals surface area (Å²) in [5, 5.41) is 12.5. The fraction of sp³-hybridized carbons (Fsp3) is 0.583. The van der Waals surface area contributed by atoms with Crippen molar-refractivity contribution >= 4 is 28.5 Å². The van der Waals surface area contributed by atoms with E-state index >= 15 is 0 Å². The van der Waals surface area contributed by atoms with Gasteiger partial charge in [0.05, 0.1) is 11.8 Å². The summed E-state index contributed by atoms with van der Waals surface area (Å²) in [6.45, 7) is 2.99. The minimum Gasteiger partial charge on any atom is -0.480 e. The summed E-state index contributed by atoms with van der Waals surface area (Å²) in [5.74, 6) is -1.98. The summed E-state index contributed by atoms with van der Waals surface area (Å²) in [6.07, 6.45) is 1.47. The van der Waals surface area contributed by atoms with Gasteiger partial charge in [-0.1, -0.05) is 6.08 Å². The average Bonchev–Trinajstić information content (AvgIpc) is 2.35. The molecule has 114 valence electrons. The van der Waals surface area contributed by atoms with Crippen molar-refractivity contribution in [2.24, 2.45) is 5.73 Å². The molecule has 20 heavy (non-hydrogen) atoms. The highest BCUT2D eigenvalue weighted by molar-refractivity contribution is 7.88. The van der Waals surface area contributed by atoms with Crippen LogP contribution in [0.3, 0.4) is 0 Å². The fourth-order valence-electron chi connectivity index (χ4n) is 1.31. The largest absolute Gasteiger partial charge is 0.480 e. The molecule has 0 radical (unpaired) electrons. The molecule has 0 rings (SSSR count). The number of carboxylic acids is 1. The van der Waals surface area contributed by atoms with Gasteiger partial charge in [-0.15, -0.1) is 0 Å². The van der Waals surface area contributed by atoms with Gasteiger partial charge in [-0.3, -0.25) is 18.6 Å². The van der Waals surface area contributed by atoms with E-state index < -0.39 is 34.8 Å². The molecule has 3 atom stereocenters. The maximum Gasteiger partial charge on any atom is 0.320 e. The zero-order valence-corrected chi connectivity index (χ0v) is 12.3. The highest BCUT2D eigenvalue weighted by Gasteiger charge is 2.20. The molecule has 0 aliphatic carbocycles. The molecule has 0 heterocycles. The molecule has 0 aromatic rings. The lowest BCUT2D eigenvalue weighted by molar-refractivity contribution is -0.138. The van der Waals surface area contributed by atoms with Gasteiger partial charge in [0, 0.05) is 17.2 Å². The van der Waals surface area contributed by atoms with Crippen molar-refractivity contribution in [2.45, 2.75) is 38.8 Å². The van der Waals surface area contributed by atoms with Gasteiger partial charge in [-0.25, -0.2) is 0 Å². The van der Waals surface area contributed by atoms with Crippen molar-refractivity contribution in [3.63, 3.8) is 0 Å². The molecule has 1 amide bonds. The first-order valence-corrected chi connectivity index (χ1v) is 7.44. The van der Waals surface area contributed by atoms with Crippen LogP contribution in [0.25, 0.3) is 0 Å². The predicted molar refractivity (Wildman–Crippen MR) is 75.3 cm³/mol. The number of carboxylic acid groups (broad SMARTS) is 1. The van der Waals surface area contributed by atoms with E-state index in [1.807, 2.05) is 0 Å². The van der Waals surface area contributed by atoms with Crippen molar-refractivity contribution in [1.29, 1.82) is 0 Å². The third-order valence-corrected chi connectivity index (χ3v) is 3.68. The van der Waals surface area contributed by atoms with Gasteiger partial charge in [0.1, 0.15) is 6.04 Å². The standard InChI is InChI=1S/C12H20N2O5S/c1-3-6-20(19)7-10(8(2)15)14-11(16)5-4-9(13)12(17)18/h3,6,9-10H,4-5,7,13H2,1-2H3,(H,14,16)(H,17,18)/b6-3-/t9-,10+,20-/m0/s1. The zero-order chi connectivity index (χ0) is 15.7. The molecular weight excluding hydrogens is 284 g/mol. The number of ketones is 1. The molecule has 7 nitrogen and oxygen atoms in total. The maximum absolute atomic E-state index is 11.6. The molecule has 0 aliphatic rings. The molecule has 4 N–H and O–H groups in total. The van der Waals surface area contributed by atoms with Crippen molar-refractivity contribution in [2.75, 3.05) is 5.75 Å². The van der Waals surface area contributed by atoms with E-state index in [1.165, 1.54) is 12.3 Å². The Kier molecular flexibility index (Phi) is 8.66. The van der Waals surface area contributed by atoms with Gasteiger partial charge in [0.2, 0.25) is 5.91 Å². The van der Waals surface area contributed by atoms with Gasteiger partial charge in [-0.2, -0.15) is 0 Å². The first-order valence-electron chi connectivity index (χ1n) is 6.06. The van der Waals surface area contributed by atoms with Crippen LogP contribution in [0.5, 0.6) is 0 Å². The highest BCUT2D eigenvalue weighted by Crippen LogP contribution is 1.99. The van der Waals surface area contributed by atoms with Crippen LogP contribution in [0, 0.1) is 0 Å². The van der Waals surface area contributed by atoms with Gasteiger partial charge in [0.25, 0.3) is 0 Å². The molecule has 0 aliphatic heterocycles. The topological polar surface area (TPSA) is 127 Å². The summed E-state index contributed by atoms with van der Waals surface area (Å²) < 4.78 is 11.5. The van der Waals surface area contributed by atoms with E-state index in [0.717, 1.165) is 0 Å². The van der Waals surface area contributed by atoms with Crippen molar-refractivity contribution in [1.82, 2.24) is 5.32 Å². The minimum absolute atomic E-state index is 0.00357. The van der Waals surface area contributed by atoms with E-state index in [4.69, 9.17) is 10.8 Å². The van der Waals surface area contributed by atoms with E-state index in [-0.39, 0.29) is 24.4 Å². The Balaban J connectivity index is 4.38. The molecule has 0 bridgehead atoms. The quantitative estimate of drug-likeness (QED) is 0.529. The Morgan fingerprint density at radius 2 is 2.00 bits per heavy atom. The second-order valence-corrected chi connectivity index (χ2v) is 5.60. The lowest BCUT2D eigenvalue weighted by Crippen LogP contribution is -2.43. The SMILES string of the molecule is C/C=C\[S@](=O)C[C@@H](NC(=O)CC[C@H](N)C(=O)O)C(C)=O. The Morgan fingerprint density at radius 1 is 1.40 bits per heavy atom. The lowest BCUT2D eigenvalue weighted by Gasteiger charge is -2.15. The second-order valence-electron chi connectivity index (χ2n) is 4.23. The van der Waals surface area contributed by atoms with Crippen molar-refractivity contribution in [3.05, 3.63) is 11.5 Å². The molecule has 0 aromatic carbocycles. The lowest BCUT2D eigenvalue weighted by atomic mass is 10.1. The zero-order valence-electron chi connectivity index (χ0n) is 11.5. The minimum atomic E-state index is -1.34. The monoisotopic (exact) mass is 304 g/mol. The van der Waals surface area contributed by atoms with Crippen LogP contribution in [0.15, 0.2) is 11.5 Å². The maximum atomic E-state index is 11.6. The number of hydrogen-bond donors (Lipinski definition) is 3. The van der Waals surface area contributed by atoms with Crippen LogP contribution in [-0.2, 0) is 25.2 Å². The highest BCUT2D eigenvalue weighted by atomic mass is 32.2. The Hall–Kier alpha value is -1.54. The summed E-state index contributed by atoms with van der Waals surface area (Å²) in [6, 6.07) is -1.96. The van der Waals surface area contributed by atoms with Crippen LogP contribution in [0.1, 0.15) is 26.7 Å². The number of hydrogen-bond acceptors (Lipinski definition) is 5. The second kappa shape index (κ2) is 9.38. The van der Waals surface area contributed by atoms with E-state index in [1.54, 1.807) is 13.0 Å². The van der Waals surface area contributed by atoms with E-state index in [0.29, 0.717) is 0 Å². The number of nitrogens with one attached hydrogen (secondary N) is 1. The molecule has 0 aromatic heterocycles. The number of allylic oxidation sites excluding steroid dienone is 1. The van der Waals surface area contributed by atoms with Crippen molar-refractivity contribution < 1.29 is 23.7 Å². The Bertz CT molecular complexity index is 422. The molecule has 0 saturated heterocycles. The van der Waals surface area contributed by atoms with E-state index in [9.17, 15) is 18.6 Å². The number of aliphatic carboxylic acids is 1. The summed E-state index contributed by atoms with van der Waals surface area (Å²) in [7, 11) is -1.34.